The number of benzene rings is 1. The van der Waals surface area contributed by atoms with Gasteiger partial charge in [-0.1, -0.05) is 24.3 Å². The molecule has 5 heteroatoms. The van der Waals surface area contributed by atoms with E-state index in [1.165, 1.54) is 11.1 Å². The molecule has 0 aliphatic carbocycles. The molecule has 5 nitrogen and oxygen atoms in total. The second-order valence-corrected chi connectivity index (χ2v) is 8.01. The van der Waals surface area contributed by atoms with Crippen molar-refractivity contribution in [3.63, 3.8) is 0 Å². The van der Waals surface area contributed by atoms with Gasteiger partial charge in [0, 0.05) is 45.4 Å². The van der Waals surface area contributed by atoms with E-state index in [0.717, 1.165) is 64.8 Å². The number of fused-ring (bicyclic) bond motifs is 2. The van der Waals surface area contributed by atoms with Crippen LogP contribution in [0.4, 0.5) is 0 Å². The lowest BCUT2D eigenvalue weighted by atomic mass is 9.76. The summed E-state index contributed by atoms with van der Waals surface area (Å²) in [5.74, 6) is 0.285. The van der Waals surface area contributed by atoms with Crippen molar-refractivity contribution in [2.24, 2.45) is 0 Å². The molecule has 0 bridgehead atoms. The number of hydrogen-bond donors (Lipinski definition) is 1. The number of amides is 1. The van der Waals surface area contributed by atoms with E-state index in [4.69, 9.17) is 4.74 Å². The summed E-state index contributed by atoms with van der Waals surface area (Å²) in [7, 11) is 1.77. The number of nitrogens with one attached hydrogen (secondary N) is 1. The molecule has 26 heavy (non-hydrogen) atoms. The maximum absolute atomic E-state index is 12.7. The summed E-state index contributed by atoms with van der Waals surface area (Å²) >= 11 is 0. The van der Waals surface area contributed by atoms with Crippen LogP contribution in [0.1, 0.15) is 36.8 Å². The highest BCUT2D eigenvalue weighted by molar-refractivity contribution is 5.78. The lowest BCUT2D eigenvalue weighted by molar-refractivity contribution is -0.135. The van der Waals surface area contributed by atoms with Crippen LogP contribution in [0.15, 0.2) is 24.3 Å². The van der Waals surface area contributed by atoms with Crippen molar-refractivity contribution in [2.75, 3.05) is 46.4 Å². The average Bonchev–Trinajstić information content (AvgIpc) is 2.70. The van der Waals surface area contributed by atoms with E-state index in [-0.39, 0.29) is 11.4 Å². The Morgan fingerprint density at radius 2 is 1.92 bits per heavy atom. The predicted molar refractivity (Wildman–Crippen MR) is 102 cm³/mol. The molecule has 0 aromatic heterocycles. The largest absolute Gasteiger partial charge is 0.381 e. The Labute approximate surface area is 156 Å². The molecule has 2 saturated heterocycles. The van der Waals surface area contributed by atoms with Gasteiger partial charge in [0.2, 0.25) is 5.91 Å². The molecule has 3 aliphatic heterocycles. The normalized spacial score (nSPS) is 23.8. The molecule has 4 rings (SSSR count). The monoisotopic (exact) mass is 357 g/mol. The maximum atomic E-state index is 12.7. The van der Waals surface area contributed by atoms with Crippen molar-refractivity contribution in [3.8, 4) is 0 Å². The predicted octanol–water partition coefficient (Wildman–Crippen LogP) is 1.76. The topological polar surface area (TPSA) is 44.8 Å². The third-order valence-corrected chi connectivity index (χ3v) is 6.59. The number of ether oxygens (including phenoxy) is 1. The quantitative estimate of drug-likeness (QED) is 0.895. The first-order valence-corrected chi connectivity index (χ1v) is 10.1. The first kappa shape index (κ1) is 18.0. The van der Waals surface area contributed by atoms with Crippen molar-refractivity contribution in [1.82, 2.24) is 15.1 Å². The fourth-order valence-corrected chi connectivity index (χ4v) is 4.91. The number of methoxy groups -OCH3 is 1. The molecule has 0 atom stereocenters. The van der Waals surface area contributed by atoms with Crippen LogP contribution in [0, 0.1) is 0 Å². The van der Waals surface area contributed by atoms with Crippen molar-refractivity contribution < 1.29 is 9.53 Å². The minimum atomic E-state index is 0.116. The third-order valence-electron chi connectivity index (χ3n) is 6.59. The molecule has 2 fully saturated rings. The van der Waals surface area contributed by atoms with Gasteiger partial charge in [0.05, 0.1) is 12.6 Å². The zero-order valence-corrected chi connectivity index (χ0v) is 15.9. The zero-order valence-electron chi connectivity index (χ0n) is 15.9. The van der Waals surface area contributed by atoms with Crippen LogP contribution in [0.5, 0.6) is 0 Å². The lowest BCUT2D eigenvalue weighted by Gasteiger charge is -2.46. The number of carbonyl (C=O) groups is 1. The fraction of sp³-hybridized carbons (Fsp3) is 0.667. The maximum Gasteiger partial charge on any atom is 0.236 e. The second-order valence-electron chi connectivity index (χ2n) is 8.01. The van der Waals surface area contributed by atoms with E-state index >= 15 is 0 Å². The van der Waals surface area contributed by atoms with Crippen LogP contribution in [-0.2, 0) is 21.5 Å². The molecule has 1 N–H and O–H groups in total. The van der Waals surface area contributed by atoms with Gasteiger partial charge < -0.3 is 15.0 Å². The van der Waals surface area contributed by atoms with E-state index in [2.05, 4.69) is 34.5 Å². The van der Waals surface area contributed by atoms with Crippen LogP contribution < -0.4 is 5.32 Å². The molecule has 1 amide bonds. The Morgan fingerprint density at radius 1 is 1.19 bits per heavy atom. The standard InChI is InChI=1S/C21H31N3O2/c1-26-18-7-12-24(13-8-18)20(25)16-23-14-9-21(10-15-23)19-5-3-2-4-17(19)6-11-22-21/h2-5,18,22H,6-16H2,1H3. The number of piperidine rings is 2. The van der Waals surface area contributed by atoms with E-state index in [0.29, 0.717) is 12.6 Å². The Hall–Kier alpha value is -1.43. The summed E-state index contributed by atoms with van der Waals surface area (Å²) in [6, 6.07) is 8.88. The van der Waals surface area contributed by atoms with Crippen LogP contribution >= 0.6 is 0 Å². The number of likely N-dealkylation sites (tertiary alicyclic amines) is 2. The molecule has 0 saturated carbocycles. The van der Waals surface area contributed by atoms with Gasteiger partial charge in [-0.15, -0.1) is 0 Å². The highest BCUT2D eigenvalue weighted by Gasteiger charge is 2.39. The Kier molecular flexibility index (Phi) is 5.30. The van der Waals surface area contributed by atoms with Gasteiger partial charge in [0.1, 0.15) is 0 Å². The molecule has 3 aliphatic rings. The number of carbonyl (C=O) groups excluding carboxylic acids is 1. The number of rotatable bonds is 3. The molecule has 0 unspecified atom stereocenters. The van der Waals surface area contributed by atoms with Gasteiger partial charge in [0.25, 0.3) is 0 Å². The van der Waals surface area contributed by atoms with Crippen molar-refractivity contribution in [3.05, 3.63) is 35.4 Å². The Morgan fingerprint density at radius 3 is 2.65 bits per heavy atom. The summed E-state index contributed by atoms with van der Waals surface area (Å²) in [6.07, 6.45) is 5.55. The summed E-state index contributed by atoms with van der Waals surface area (Å²) in [6.45, 7) is 5.27. The Balaban J connectivity index is 1.33. The van der Waals surface area contributed by atoms with Gasteiger partial charge in [-0.2, -0.15) is 0 Å². The molecular weight excluding hydrogens is 326 g/mol. The number of nitrogens with zero attached hydrogens (tertiary/aromatic N) is 2. The SMILES string of the molecule is COC1CCN(C(=O)CN2CCC3(CC2)NCCc2ccccc23)CC1. The first-order valence-electron chi connectivity index (χ1n) is 10.1. The summed E-state index contributed by atoms with van der Waals surface area (Å²) in [5.41, 5.74) is 3.10. The second kappa shape index (κ2) is 7.67. The molecule has 142 valence electrons. The molecule has 1 spiro atoms. The van der Waals surface area contributed by atoms with E-state index < -0.39 is 0 Å². The number of hydrogen-bond acceptors (Lipinski definition) is 4. The van der Waals surface area contributed by atoms with Gasteiger partial charge in [0.15, 0.2) is 0 Å². The Bertz CT molecular complexity index is 632. The minimum absolute atomic E-state index is 0.116. The third kappa shape index (κ3) is 3.53. The minimum Gasteiger partial charge on any atom is -0.381 e. The van der Waals surface area contributed by atoms with Gasteiger partial charge in [-0.05, 0) is 43.2 Å². The van der Waals surface area contributed by atoms with Crippen molar-refractivity contribution in [1.29, 1.82) is 0 Å². The highest BCUT2D eigenvalue weighted by atomic mass is 16.5. The molecular formula is C21H31N3O2. The molecule has 1 aromatic rings. The van der Waals surface area contributed by atoms with Gasteiger partial charge in [-0.3, -0.25) is 9.69 Å². The van der Waals surface area contributed by atoms with Crippen LogP contribution in [0.2, 0.25) is 0 Å². The molecule has 0 radical (unpaired) electrons. The highest BCUT2D eigenvalue weighted by Crippen LogP contribution is 2.37. The summed E-state index contributed by atoms with van der Waals surface area (Å²) < 4.78 is 5.41. The fourth-order valence-electron chi connectivity index (χ4n) is 4.91. The lowest BCUT2D eigenvalue weighted by Crippen LogP contribution is -2.55. The summed E-state index contributed by atoms with van der Waals surface area (Å²) in [5, 5.41) is 3.80. The first-order chi connectivity index (χ1) is 12.7. The molecule has 1 aromatic carbocycles. The van der Waals surface area contributed by atoms with E-state index in [1.54, 1.807) is 7.11 Å². The van der Waals surface area contributed by atoms with Crippen molar-refractivity contribution >= 4 is 5.91 Å². The van der Waals surface area contributed by atoms with Crippen LogP contribution in [-0.4, -0.2) is 68.2 Å². The van der Waals surface area contributed by atoms with Gasteiger partial charge in [-0.25, -0.2) is 0 Å². The average molecular weight is 357 g/mol. The van der Waals surface area contributed by atoms with Gasteiger partial charge >= 0.3 is 0 Å². The van der Waals surface area contributed by atoms with Crippen LogP contribution in [0.25, 0.3) is 0 Å². The zero-order chi connectivity index (χ0) is 18.0. The molecule has 3 heterocycles. The smallest absolute Gasteiger partial charge is 0.236 e. The van der Waals surface area contributed by atoms with Crippen LogP contribution in [0.3, 0.4) is 0 Å². The van der Waals surface area contributed by atoms with E-state index in [1.807, 2.05) is 4.90 Å². The van der Waals surface area contributed by atoms with Crippen molar-refractivity contribution in [2.45, 2.75) is 43.7 Å². The summed E-state index contributed by atoms with van der Waals surface area (Å²) in [4.78, 5) is 17.0. The van der Waals surface area contributed by atoms with E-state index in [9.17, 15) is 4.79 Å².